The molecule has 1 saturated heterocycles. The van der Waals surface area contributed by atoms with Gasteiger partial charge in [0.2, 0.25) is 0 Å². The molecule has 12 nitrogen and oxygen atoms in total. The monoisotopic (exact) mass is 582 g/mol. The van der Waals surface area contributed by atoms with Gasteiger partial charge in [-0.2, -0.15) is 5.10 Å². The van der Waals surface area contributed by atoms with Gasteiger partial charge in [0.25, 0.3) is 17.7 Å². The number of carbonyl (C=O) groups excluding carboxylic acids is 3. The van der Waals surface area contributed by atoms with Crippen LogP contribution in [0.1, 0.15) is 32.0 Å². The van der Waals surface area contributed by atoms with E-state index >= 15 is 0 Å². The van der Waals surface area contributed by atoms with Gasteiger partial charge in [0, 0.05) is 24.8 Å². The zero-order chi connectivity index (χ0) is 29.9. The second kappa shape index (κ2) is 11.8. The molecule has 0 radical (unpaired) electrons. The number of pyridine rings is 1. The highest BCUT2D eigenvalue weighted by molar-refractivity contribution is 5.97. The minimum atomic E-state index is -0.533. The van der Waals surface area contributed by atoms with Crippen LogP contribution in [0.5, 0.6) is 17.2 Å². The summed E-state index contributed by atoms with van der Waals surface area (Å²) >= 11 is 0. The molecule has 4 aromatic rings. The van der Waals surface area contributed by atoms with Gasteiger partial charge in [-0.15, -0.1) is 0 Å². The molecule has 0 spiro atoms. The molecule has 2 aromatic heterocycles. The second-order valence-corrected chi connectivity index (χ2v) is 10.3. The normalized spacial score (nSPS) is 18.5. The summed E-state index contributed by atoms with van der Waals surface area (Å²) < 4.78 is 19.0. The van der Waals surface area contributed by atoms with Crippen LogP contribution in [0.25, 0.3) is 5.82 Å². The van der Waals surface area contributed by atoms with Crippen LogP contribution in [0.4, 0.5) is 0 Å². The number of likely N-dealkylation sites (tertiary alicyclic amines) is 1. The number of fused-ring (bicyclic) bond motifs is 7. The minimum absolute atomic E-state index is 0.222. The summed E-state index contributed by atoms with van der Waals surface area (Å²) in [5.41, 5.74) is 2.27. The van der Waals surface area contributed by atoms with Crippen molar-refractivity contribution < 1.29 is 28.6 Å². The molecule has 7 rings (SSSR count). The van der Waals surface area contributed by atoms with Crippen molar-refractivity contribution >= 4 is 17.7 Å². The quantitative estimate of drug-likeness (QED) is 0.376. The van der Waals surface area contributed by atoms with Crippen LogP contribution in [-0.4, -0.2) is 76.3 Å². The second-order valence-electron chi connectivity index (χ2n) is 10.3. The molecule has 0 unspecified atom stereocenters. The van der Waals surface area contributed by atoms with Gasteiger partial charge in [0.15, 0.2) is 23.9 Å². The third-order valence-electron chi connectivity index (χ3n) is 7.46. The average molecular weight is 583 g/mol. The predicted octanol–water partition coefficient (Wildman–Crippen LogP) is 2.29. The Morgan fingerprint density at radius 2 is 1.91 bits per heavy atom. The first-order valence-electron chi connectivity index (χ1n) is 13.8. The van der Waals surface area contributed by atoms with Gasteiger partial charge in [0.05, 0.1) is 37.2 Å². The van der Waals surface area contributed by atoms with Crippen LogP contribution < -0.4 is 24.8 Å². The number of methoxy groups -OCH3 is 1. The summed E-state index contributed by atoms with van der Waals surface area (Å²) in [6.45, 7) is 2.34. The Labute approximate surface area is 247 Å². The van der Waals surface area contributed by atoms with E-state index in [0.717, 1.165) is 5.56 Å². The molecule has 0 aliphatic carbocycles. The molecule has 4 bridgehead atoms. The molecular weight excluding hydrogens is 552 g/mol. The van der Waals surface area contributed by atoms with Crippen LogP contribution in [0, 0.1) is 6.92 Å². The molecule has 2 atom stereocenters. The van der Waals surface area contributed by atoms with Crippen molar-refractivity contribution in [2.45, 2.75) is 25.6 Å². The topological polar surface area (TPSA) is 137 Å². The number of hydrogen-bond acceptors (Lipinski definition) is 8. The van der Waals surface area contributed by atoms with Gasteiger partial charge in [0.1, 0.15) is 11.9 Å². The van der Waals surface area contributed by atoms with E-state index in [1.807, 2.05) is 37.3 Å². The molecule has 3 aliphatic heterocycles. The molecule has 43 heavy (non-hydrogen) atoms. The third kappa shape index (κ3) is 5.85. The van der Waals surface area contributed by atoms with Gasteiger partial charge in [-0.25, -0.2) is 9.67 Å². The Morgan fingerprint density at radius 1 is 1.07 bits per heavy atom. The zero-order valence-electron chi connectivity index (χ0n) is 23.6. The fourth-order valence-corrected chi connectivity index (χ4v) is 5.14. The fraction of sp³-hybridized carbons (Fsp3) is 0.258. The minimum Gasteiger partial charge on any atom is -0.493 e. The molecular formula is C31H30N6O6. The lowest BCUT2D eigenvalue weighted by atomic mass is 10.1. The van der Waals surface area contributed by atoms with Gasteiger partial charge >= 0.3 is 0 Å². The van der Waals surface area contributed by atoms with E-state index in [-0.39, 0.29) is 43.2 Å². The summed E-state index contributed by atoms with van der Waals surface area (Å²) in [5.74, 6) is 0.904. The van der Waals surface area contributed by atoms with Gasteiger partial charge < -0.3 is 29.7 Å². The molecule has 2 N–H and O–H groups in total. The molecule has 2 aromatic carbocycles. The highest BCUT2D eigenvalue weighted by atomic mass is 16.5. The molecule has 12 heteroatoms. The number of rotatable bonds is 3. The van der Waals surface area contributed by atoms with Gasteiger partial charge in [-0.05, 0) is 55.0 Å². The van der Waals surface area contributed by atoms with E-state index in [2.05, 4.69) is 20.7 Å². The fourth-order valence-electron chi connectivity index (χ4n) is 5.14. The van der Waals surface area contributed by atoms with Gasteiger partial charge in [-0.3, -0.25) is 14.4 Å². The third-order valence-corrected chi connectivity index (χ3v) is 7.46. The highest BCUT2D eigenvalue weighted by Crippen LogP contribution is 2.29. The molecule has 0 saturated carbocycles. The first-order valence-corrected chi connectivity index (χ1v) is 13.8. The first kappa shape index (κ1) is 27.8. The van der Waals surface area contributed by atoms with E-state index in [1.165, 1.54) is 19.4 Å². The van der Waals surface area contributed by atoms with Crippen molar-refractivity contribution in [2.75, 3.05) is 26.8 Å². The SMILES string of the molecule is COc1ccc2cc1OCC(=O)NCc1ccc(cc1)O[C@H]1CN(C(=O)c3cnn(-c4ccccn4)c3C)C[C@@H]1NC2=O. The molecule has 3 amide bonds. The molecule has 3 aliphatic rings. The van der Waals surface area contributed by atoms with Crippen molar-refractivity contribution in [3.05, 3.63) is 95.4 Å². The standard InChI is InChI=1S/C31H30N6O6/c1-19-23(15-34-37(19)28-5-3-4-12-32-28)31(40)36-16-24-27(17-36)43-22-9-6-20(7-10-22)14-33-29(38)18-42-26-13-21(30(39)35-24)8-11-25(26)41-2/h3-13,15,24,27H,14,16-18H2,1-2H3,(H,33,38)(H,35,39)/t24-,27-/m0/s1. The van der Waals surface area contributed by atoms with Crippen LogP contribution >= 0.6 is 0 Å². The molecule has 1 fully saturated rings. The van der Waals surface area contributed by atoms with Crippen molar-refractivity contribution in [3.8, 4) is 23.1 Å². The lowest BCUT2D eigenvalue weighted by Gasteiger charge is -2.21. The smallest absolute Gasteiger partial charge is 0.258 e. The lowest BCUT2D eigenvalue weighted by Crippen LogP contribution is -2.45. The van der Waals surface area contributed by atoms with E-state index < -0.39 is 12.1 Å². The number of carbonyl (C=O) groups is 3. The van der Waals surface area contributed by atoms with Crippen molar-refractivity contribution in [2.24, 2.45) is 0 Å². The van der Waals surface area contributed by atoms with E-state index in [4.69, 9.17) is 14.2 Å². The summed E-state index contributed by atoms with van der Waals surface area (Å²) in [5, 5.41) is 10.2. The van der Waals surface area contributed by atoms with Crippen LogP contribution in [0.3, 0.4) is 0 Å². The summed E-state index contributed by atoms with van der Waals surface area (Å²) in [4.78, 5) is 45.6. The average Bonchev–Trinajstić information content (AvgIpc) is 3.61. The molecule has 220 valence electrons. The van der Waals surface area contributed by atoms with Gasteiger partial charge in [-0.1, -0.05) is 18.2 Å². The van der Waals surface area contributed by atoms with E-state index in [9.17, 15) is 14.4 Å². The Kier molecular flexibility index (Phi) is 7.65. The Balaban J connectivity index is 1.29. The maximum absolute atomic E-state index is 13.7. The Hall–Kier alpha value is -5.39. The van der Waals surface area contributed by atoms with Crippen molar-refractivity contribution in [3.63, 3.8) is 0 Å². The Morgan fingerprint density at radius 3 is 2.67 bits per heavy atom. The van der Waals surface area contributed by atoms with E-state index in [1.54, 1.807) is 40.0 Å². The van der Waals surface area contributed by atoms with Crippen molar-refractivity contribution in [1.29, 1.82) is 0 Å². The summed E-state index contributed by atoms with van der Waals surface area (Å²) in [7, 11) is 1.48. The van der Waals surface area contributed by atoms with E-state index in [0.29, 0.717) is 40.7 Å². The number of nitrogens with one attached hydrogen (secondary N) is 2. The van der Waals surface area contributed by atoms with Crippen LogP contribution in [-0.2, 0) is 11.3 Å². The number of ether oxygens (including phenoxy) is 3. The Bertz CT molecular complexity index is 1660. The maximum atomic E-state index is 13.7. The number of aromatic nitrogens is 3. The first-order chi connectivity index (χ1) is 20.9. The number of amides is 3. The lowest BCUT2D eigenvalue weighted by molar-refractivity contribution is -0.123. The zero-order valence-corrected chi connectivity index (χ0v) is 23.6. The molecule has 5 heterocycles. The number of benzene rings is 2. The maximum Gasteiger partial charge on any atom is 0.258 e. The highest BCUT2D eigenvalue weighted by Gasteiger charge is 2.39. The summed E-state index contributed by atoms with van der Waals surface area (Å²) in [6, 6.07) is 17.0. The van der Waals surface area contributed by atoms with Crippen LogP contribution in [0.15, 0.2) is 73.1 Å². The number of nitrogens with zero attached hydrogens (tertiary/aromatic N) is 4. The number of hydrogen-bond donors (Lipinski definition) is 2. The largest absolute Gasteiger partial charge is 0.493 e. The van der Waals surface area contributed by atoms with Crippen molar-refractivity contribution in [1.82, 2.24) is 30.3 Å². The predicted molar refractivity (Wildman–Crippen MR) is 154 cm³/mol. The summed E-state index contributed by atoms with van der Waals surface area (Å²) in [6.07, 6.45) is 2.67. The van der Waals surface area contributed by atoms with Crippen LogP contribution in [0.2, 0.25) is 0 Å².